The Morgan fingerprint density at radius 3 is 1.87 bits per heavy atom. The lowest BCUT2D eigenvalue weighted by Crippen LogP contribution is -2.07. The molecule has 31 heavy (non-hydrogen) atoms. The first-order valence-corrected chi connectivity index (χ1v) is 13.2. The average Bonchev–Trinajstić information content (AvgIpc) is 2.78. The fourth-order valence-electron chi connectivity index (χ4n) is 5.07. The van der Waals surface area contributed by atoms with Gasteiger partial charge in [0.2, 0.25) is 0 Å². The number of benzene rings is 2. The highest BCUT2D eigenvalue weighted by Gasteiger charge is 2.19. The summed E-state index contributed by atoms with van der Waals surface area (Å²) in [4.78, 5) is 0. The molecule has 0 fully saturated rings. The van der Waals surface area contributed by atoms with Gasteiger partial charge in [0, 0.05) is 0 Å². The maximum absolute atomic E-state index is 14.9. The molecular formula is C30H43F. The fourth-order valence-corrected chi connectivity index (χ4v) is 5.07. The van der Waals surface area contributed by atoms with E-state index < -0.39 is 0 Å². The molecule has 3 rings (SSSR count). The zero-order chi connectivity index (χ0) is 21.9. The molecule has 2 aromatic rings. The zero-order valence-electron chi connectivity index (χ0n) is 20.1. The Balaban J connectivity index is 1.57. The van der Waals surface area contributed by atoms with Crippen molar-refractivity contribution in [3.05, 3.63) is 58.4 Å². The van der Waals surface area contributed by atoms with E-state index in [1.54, 1.807) is 0 Å². The lowest BCUT2D eigenvalue weighted by atomic mass is 9.83. The summed E-state index contributed by atoms with van der Waals surface area (Å²) in [7, 11) is 0. The normalized spacial score (nSPS) is 12.6. The summed E-state index contributed by atoms with van der Waals surface area (Å²) in [5.74, 6) is -0.00341. The predicted octanol–water partition coefficient (Wildman–Crippen LogP) is 9.40. The largest absolute Gasteiger partial charge is 0.207 e. The van der Waals surface area contributed by atoms with Gasteiger partial charge in [-0.3, -0.25) is 0 Å². The van der Waals surface area contributed by atoms with Gasteiger partial charge in [0.25, 0.3) is 0 Å². The van der Waals surface area contributed by atoms with Gasteiger partial charge in [-0.25, -0.2) is 4.39 Å². The molecule has 0 spiro atoms. The molecule has 0 N–H and O–H groups in total. The van der Waals surface area contributed by atoms with Gasteiger partial charge in [-0.1, -0.05) is 102 Å². The van der Waals surface area contributed by atoms with Crippen LogP contribution in [0.4, 0.5) is 4.39 Å². The van der Waals surface area contributed by atoms with Gasteiger partial charge >= 0.3 is 0 Å². The van der Waals surface area contributed by atoms with Gasteiger partial charge in [0.1, 0.15) is 5.82 Å². The number of rotatable bonds is 14. The van der Waals surface area contributed by atoms with Gasteiger partial charge in [0.05, 0.1) is 0 Å². The summed E-state index contributed by atoms with van der Waals surface area (Å²) in [5, 5.41) is 0. The third-order valence-electron chi connectivity index (χ3n) is 7.01. The molecule has 0 saturated heterocycles. The van der Waals surface area contributed by atoms with E-state index >= 15 is 0 Å². The maximum Gasteiger partial charge on any atom is 0.127 e. The van der Waals surface area contributed by atoms with Crippen LogP contribution in [-0.4, -0.2) is 0 Å². The lowest BCUT2D eigenvalue weighted by Gasteiger charge is -2.22. The number of unbranched alkanes of at least 4 members (excludes halogenated alkanes) is 10. The summed E-state index contributed by atoms with van der Waals surface area (Å²) in [5.41, 5.74) is 7.54. The minimum Gasteiger partial charge on any atom is -0.207 e. The summed E-state index contributed by atoms with van der Waals surface area (Å²) in [6, 6.07) is 10.9. The molecule has 0 aliphatic heterocycles. The van der Waals surface area contributed by atoms with Gasteiger partial charge in [0.15, 0.2) is 0 Å². The minimum absolute atomic E-state index is 0.00341. The Bertz CT molecular complexity index is 804. The second-order valence-electron chi connectivity index (χ2n) is 9.63. The van der Waals surface area contributed by atoms with Crippen LogP contribution in [0.3, 0.4) is 0 Å². The third kappa shape index (κ3) is 7.19. The van der Waals surface area contributed by atoms with Crippen molar-refractivity contribution in [2.75, 3.05) is 0 Å². The van der Waals surface area contributed by atoms with Crippen molar-refractivity contribution in [1.29, 1.82) is 0 Å². The number of hydrogen-bond donors (Lipinski definition) is 0. The van der Waals surface area contributed by atoms with E-state index in [9.17, 15) is 4.39 Å². The highest BCUT2D eigenvalue weighted by atomic mass is 19.1. The Hall–Kier alpha value is -1.63. The first kappa shape index (κ1) is 24.0. The number of hydrogen-bond acceptors (Lipinski definition) is 0. The van der Waals surface area contributed by atoms with Crippen molar-refractivity contribution in [3.8, 4) is 11.1 Å². The molecule has 1 aliphatic carbocycles. The molecule has 0 atom stereocenters. The molecule has 1 aliphatic rings. The van der Waals surface area contributed by atoms with Crippen LogP contribution in [0.2, 0.25) is 0 Å². The minimum atomic E-state index is -0.00341. The van der Waals surface area contributed by atoms with Crippen LogP contribution in [0, 0.1) is 5.82 Å². The Morgan fingerprint density at radius 1 is 0.613 bits per heavy atom. The van der Waals surface area contributed by atoms with Gasteiger partial charge in [-0.2, -0.15) is 0 Å². The van der Waals surface area contributed by atoms with Gasteiger partial charge in [-0.05, 0) is 78.0 Å². The van der Waals surface area contributed by atoms with Crippen molar-refractivity contribution < 1.29 is 4.39 Å². The Morgan fingerprint density at radius 2 is 1.19 bits per heavy atom. The molecule has 1 heteroatoms. The molecule has 0 bridgehead atoms. The molecule has 170 valence electrons. The average molecular weight is 423 g/mol. The molecule has 0 radical (unpaired) electrons. The molecule has 0 amide bonds. The third-order valence-corrected chi connectivity index (χ3v) is 7.01. The van der Waals surface area contributed by atoms with Crippen molar-refractivity contribution in [2.24, 2.45) is 0 Å². The van der Waals surface area contributed by atoms with Crippen LogP contribution in [0.5, 0.6) is 0 Å². The van der Waals surface area contributed by atoms with E-state index in [0.717, 1.165) is 36.8 Å². The van der Waals surface area contributed by atoms with Crippen molar-refractivity contribution >= 4 is 0 Å². The first-order chi connectivity index (χ1) is 15.2. The van der Waals surface area contributed by atoms with Gasteiger partial charge < -0.3 is 0 Å². The number of fused-ring (bicyclic) bond motifs is 3. The summed E-state index contributed by atoms with van der Waals surface area (Å²) in [6.07, 6.45) is 19.8. The molecule has 0 nitrogen and oxygen atoms in total. The van der Waals surface area contributed by atoms with Crippen LogP contribution in [0.25, 0.3) is 11.1 Å². The molecular weight excluding hydrogens is 379 g/mol. The molecule has 2 aromatic carbocycles. The quantitative estimate of drug-likeness (QED) is 0.266. The lowest BCUT2D eigenvalue weighted by molar-refractivity contribution is 0.580. The van der Waals surface area contributed by atoms with E-state index in [1.165, 1.54) is 99.3 Å². The van der Waals surface area contributed by atoms with Crippen molar-refractivity contribution in [1.82, 2.24) is 0 Å². The number of aryl methyl sites for hydroxylation is 4. The van der Waals surface area contributed by atoms with Crippen LogP contribution in [0.1, 0.15) is 113 Å². The topological polar surface area (TPSA) is 0 Å². The summed E-state index contributed by atoms with van der Waals surface area (Å²) >= 11 is 0. The number of halogens is 1. The summed E-state index contributed by atoms with van der Waals surface area (Å²) in [6.45, 7) is 4.52. The molecule has 0 aromatic heterocycles. The first-order valence-electron chi connectivity index (χ1n) is 13.2. The Kier molecular flexibility index (Phi) is 10.1. The highest BCUT2D eigenvalue weighted by molar-refractivity contribution is 5.74. The van der Waals surface area contributed by atoms with Crippen LogP contribution < -0.4 is 0 Å². The molecule has 0 saturated carbocycles. The Labute approximate surface area is 190 Å². The SMILES string of the molecule is CCCCCCCCc1ccc2c(c1)CCc1cc(CCCCCCCC)c(F)cc1-2. The van der Waals surface area contributed by atoms with E-state index in [4.69, 9.17) is 0 Å². The summed E-state index contributed by atoms with van der Waals surface area (Å²) < 4.78 is 14.9. The van der Waals surface area contributed by atoms with Gasteiger partial charge in [-0.15, -0.1) is 0 Å². The maximum atomic E-state index is 14.9. The standard InChI is InChI=1S/C30H43F/c1-3-5-7-9-11-13-15-24-17-20-28-25(21-24)18-19-26-22-27(30(31)23-29(26)28)16-14-12-10-8-6-4-2/h17,20-23H,3-16,18-19H2,1-2H3. The second kappa shape index (κ2) is 13.0. The predicted molar refractivity (Wildman–Crippen MR) is 133 cm³/mol. The van der Waals surface area contributed by atoms with E-state index in [-0.39, 0.29) is 5.82 Å². The monoisotopic (exact) mass is 422 g/mol. The smallest absolute Gasteiger partial charge is 0.127 e. The highest BCUT2D eigenvalue weighted by Crippen LogP contribution is 2.36. The molecule has 0 unspecified atom stereocenters. The fraction of sp³-hybridized carbons (Fsp3) is 0.600. The zero-order valence-corrected chi connectivity index (χ0v) is 20.1. The van der Waals surface area contributed by atoms with E-state index in [0.29, 0.717) is 0 Å². The van der Waals surface area contributed by atoms with Crippen LogP contribution >= 0.6 is 0 Å². The van der Waals surface area contributed by atoms with Crippen molar-refractivity contribution in [3.63, 3.8) is 0 Å². The van der Waals surface area contributed by atoms with E-state index in [2.05, 4.69) is 38.1 Å². The van der Waals surface area contributed by atoms with Crippen molar-refractivity contribution in [2.45, 2.75) is 117 Å². The van der Waals surface area contributed by atoms with Crippen LogP contribution in [0.15, 0.2) is 30.3 Å². The molecule has 0 heterocycles. The van der Waals surface area contributed by atoms with Crippen LogP contribution in [-0.2, 0) is 25.7 Å². The van der Waals surface area contributed by atoms with E-state index in [1.807, 2.05) is 6.07 Å². The second-order valence-corrected chi connectivity index (χ2v) is 9.63.